The fourth-order valence-electron chi connectivity index (χ4n) is 2.69. The summed E-state index contributed by atoms with van der Waals surface area (Å²) in [6, 6.07) is 11.2. The molecule has 3 rings (SSSR count). The van der Waals surface area contributed by atoms with Gasteiger partial charge in [-0.1, -0.05) is 19.1 Å². The summed E-state index contributed by atoms with van der Waals surface area (Å²) in [6.45, 7) is 2.25. The number of benzene rings is 1. The molecule has 1 aliphatic rings. The first-order chi connectivity index (χ1) is 10.2. The Morgan fingerprint density at radius 1 is 1.43 bits per heavy atom. The van der Waals surface area contributed by atoms with Crippen molar-refractivity contribution in [1.29, 1.82) is 5.26 Å². The highest BCUT2D eigenvalue weighted by Gasteiger charge is 2.21. The number of thiophene rings is 1. The minimum Gasteiger partial charge on any atom is -0.320 e. The number of nitriles is 1. The number of rotatable bonds is 2. The van der Waals surface area contributed by atoms with Crippen molar-refractivity contribution in [3.8, 4) is 6.07 Å². The lowest BCUT2D eigenvalue weighted by atomic mass is 9.90. The first kappa shape index (κ1) is 13.8. The number of nitrogens with zero attached hydrogens (tertiary/aromatic N) is 1. The zero-order valence-electron chi connectivity index (χ0n) is 11.8. The van der Waals surface area contributed by atoms with Gasteiger partial charge in [-0.25, -0.2) is 0 Å². The number of para-hydroxylation sites is 1. The predicted octanol–water partition coefficient (Wildman–Crippen LogP) is 4.00. The van der Waals surface area contributed by atoms with Crippen LogP contribution in [0.1, 0.15) is 39.0 Å². The molecule has 0 fully saturated rings. The Bertz CT molecular complexity index is 727. The van der Waals surface area contributed by atoms with Crippen LogP contribution in [0.25, 0.3) is 0 Å². The Balaban J connectivity index is 1.82. The maximum Gasteiger partial charge on any atom is 0.265 e. The monoisotopic (exact) mass is 296 g/mol. The van der Waals surface area contributed by atoms with E-state index in [0.717, 1.165) is 17.7 Å². The van der Waals surface area contributed by atoms with Gasteiger partial charge in [0.15, 0.2) is 0 Å². The van der Waals surface area contributed by atoms with Crippen molar-refractivity contribution in [2.75, 3.05) is 5.32 Å². The molecule has 1 atom stereocenters. The molecule has 0 bridgehead atoms. The van der Waals surface area contributed by atoms with E-state index in [4.69, 9.17) is 5.26 Å². The highest BCUT2D eigenvalue weighted by atomic mass is 32.1. The summed E-state index contributed by atoms with van der Waals surface area (Å²) in [5, 5.41) is 11.9. The molecule has 1 aromatic carbocycles. The maximum atomic E-state index is 12.4. The number of anilines is 1. The third-order valence-corrected chi connectivity index (χ3v) is 5.08. The summed E-state index contributed by atoms with van der Waals surface area (Å²) in [4.78, 5) is 14.4. The van der Waals surface area contributed by atoms with Crippen LogP contribution >= 0.6 is 11.3 Å². The zero-order valence-corrected chi connectivity index (χ0v) is 12.7. The lowest BCUT2D eigenvalue weighted by Crippen LogP contribution is -2.11. The van der Waals surface area contributed by atoms with Crippen LogP contribution in [0.15, 0.2) is 30.3 Å². The number of amides is 1. The third kappa shape index (κ3) is 2.84. The number of hydrogen-bond acceptors (Lipinski definition) is 3. The van der Waals surface area contributed by atoms with Crippen molar-refractivity contribution >= 4 is 22.9 Å². The molecule has 0 aliphatic heterocycles. The van der Waals surface area contributed by atoms with Gasteiger partial charge in [-0.05, 0) is 48.9 Å². The molecule has 2 aromatic rings. The molecule has 106 valence electrons. The van der Waals surface area contributed by atoms with E-state index < -0.39 is 0 Å². The van der Waals surface area contributed by atoms with Gasteiger partial charge >= 0.3 is 0 Å². The van der Waals surface area contributed by atoms with Gasteiger partial charge in [0.2, 0.25) is 0 Å². The molecule has 1 N–H and O–H groups in total. The molecule has 1 aliphatic carbocycles. The first-order valence-corrected chi connectivity index (χ1v) is 7.91. The molecule has 0 saturated carbocycles. The zero-order chi connectivity index (χ0) is 14.8. The summed E-state index contributed by atoms with van der Waals surface area (Å²) >= 11 is 1.58. The van der Waals surface area contributed by atoms with Crippen LogP contribution in [0.3, 0.4) is 0 Å². The van der Waals surface area contributed by atoms with Crippen LogP contribution in [-0.4, -0.2) is 5.91 Å². The van der Waals surface area contributed by atoms with Crippen LogP contribution < -0.4 is 5.32 Å². The Morgan fingerprint density at radius 2 is 2.24 bits per heavy atom. The van der Waals surface area contributed by atoms with E-state index in [1.165, 1.54) is 16.9 Å². The fraction of sp³-hybridized carbons (Fsp3) is 0.294. The number of nitrogens with one attached hydrogen (secondary N) is 1. The Morgan fingerprint density at radius 3 is 3.05 bits per heavy atom. The quantitative estimate of drug-likeness (QED) is 0.910. The molecular formula is C17H16N2OS. The lowest BCUT2D eigenvalue weighted by Gasteiger charge is -2.16. The van der Waals surface area contributed by atoms with Crippen LogP contribution in [0, 0.1) is 17.2 Å². The number of aryl methyl sites for hydroxylation is 1. The van der Waals surface area contributed by atoms with Crippen LogP contribution in [0.4, 0.5) is 5.69 Å². The maximum absolute atomic E-state index is 12.4. The molecule has 3 nitrogen and oxygen atoms in total. The number of carbonyl (C=O) groups is 1. The summed E-state index contributed by atoms with van der Waals surface area (Å²) in [6.07, 6.45) is 3.34. The van der Waals surface area contributed by atoms with E-state index in [9.17, 15) is 4.79 Å². The summed E-state index contributed by atoms with van der Waals surface area (Å²) in [5.74, 6) is 0.576. The van der Waals surface area contributed by atoms with Crippen molar-refractivity contribution in [3.05, 3.63) is 51.2 Å². The van der Waals surface area contributed by atoms with Crippen LogP contribution in [0.5, 0.6) is 0 Å². The van der Waals surface area contributed by atoms with Gasteiger partial charge < -0.3 is 5.32 Å². The van der Waals surface area contributed by atoms with Gasteiger partial charge in [0.05, 0.1) is 16.1 Å². The van der Waals surface area contributed by atoms with Gasteiger partial charge in [-0.2, -0.15) is 5.26 Å². The largest absolute Gasteiger partial charge is 0.320 e. The Kier molecular flexibility index (Phi) is 3.76. The third-order valence-electron chi connectivity index (χ3n) is 3.85. The van der Waals surface area contributed by atoms with E-state index in [-0.39, 0.29) is 5.91 Å². The van der Waals surface area contributed by atoms with Gasteiger partial charge in [-0.15, -0.1) is 11.3 Å². The second-order valence-corrected chi connectivity index (χ2v) is 6.66. The number of fused-ring (bicyclic) bond motifs is 1. The summed E-state index contributed by atoms with van der Waals surface area (Å²) < 4.78 is 0. The topological polar surface area (TPSA) is 52.9 Å². The molecule has 1 unspecified atom stereocenters. The average molecular weight is 296 g/mol. The van der Waals surface area contributed by atoms with Gasteiger partial charge in [0, 0.05) is 4.88 Å². The predicted molar refractivity (Wildman–Crippen MR) is 84.6 cm³/mol. The Labute approximate surface area is 128 Å². The Hall–Kier alpha value is -2.12. The smallest absolute Gasteiger partial charge is 0.265 e. The van der Waals surface area contributed by atoms with Crippen molar-refractivity contribution in [2.24, 2.45) is 5.92 Å². The molecule has 1 amide bonds. The fourth-order valence-corrected chi connectivity index (χ4v) is 3.79. The summed E-state index contributed by atoms with van der Waals surface area (Å²) in [7, 11) is 0. The van der Waals surface area contributed by atoms with Gasteiger partial charge in [-0.3, -0.25) is 4.79 Å². The van der Waals surface area contributed by atoms with Crippen molar-refractivity contribution in [2.45, 2.75) is 26.2 Å². The van der Waals surface area contributed by atoms with E-state index in [1.54, 1.807) is 29.5 Å². The van der Waals surface area contributed by atoms with Crippen molar-refractivity contribution < 1.29 is 4.79 Å². The van der Waals surface area contributed by atoms with E-state index in [2.05, 4.69) is 18.3 Å². The molecule has 0 saturated heterocycles. The second kappa shape index (κ2) is 5.71. The van der Waals surface area contributed by atoms with E-state index in [0.29, 0.717) is 17.2 Å². The molecule has 1 heterocycles. The standard InChI is InChI=1S/C17H16N2OS/c1-11-6-7-15-13(8-11)9-16(21-15)17(20)19-14-5-3-2-4-12(14)10-18/h2-5,9,11H,6-8H2,1H3,(H,19,20). The number of hydrogen-bond donors (Lipinski definition) is 1. The highest BCUT2D eigenvalue weighted by molar-refractivity contribution is 7.14. The van der Waals surface area contributed by atoms with Crippen molar-refractivity contribution in [1.82, 2.24) is 0 Å². The molecule has 4 heteroatoms. The highest BCUT2D eigenvalue weighted by Crippen LogP contribution is 2.32. The first-order valence-electron chi connectivity index (χ1n) is 7.09. The molecule has 21 heavy (non-hydrogen) atoms. The number of carbonyl (C=O) groups excluding carboxylic acids is 1. The lowest BCUT2D eigenvalue weighted by molar-refractivity contribution is 0.103. The van der Waals surface area contributed by atoms with Crippen molar-refractivity contribution in [3.63, 3.8) is 0 Å². The van der Waals surface area contributed by atoms with Crippen LogP contribution in [0.2, 0.25) is 0 Å². The van der Waals surface area contributed by atoms with Gasteiger partial charge in [0.25, 0.3) is 5.91 Å². The minimum atomic E-state index is -0.121. The average Bonchev–Trinajstić information content (AvgIpc) is 2.91. The van der Waals surface area contributed by atoms with E-state index in [1.807, 2.05) is 12.1 Å². The normalized spacial score (nSPS) is 16.9. The van der Waals surface area contributed by atoms with Gasteiger partial charge in [0.1, 0.15) is 6.07 Å². The molecule has 0 spiro atoms. The molecular weight excluding hydrogens is 280 g/mol. The molecule has 0 radical (unpaired) electrons. The molecule has 1 aromatic heterocycles. The minimum absolute atomic E-state index is 0.121. The SMILES string of the molecule is CC1CCc2sc(C(=O)Nc3ccccc3C#N)cc2C1. The summed E-state index contributed by atoms with van der Waals surface area (Å²) in [5.41, 5.74) is 2.38. The van der Waals surface area contributed by atoms with Crippen LogP contribution in [-0.2, 0) is 12.8 Å². The van der Waals surface area contributed by atoms with E-state index >= 15 is 0 Å². The second-order valence-electron chi connectivity index (χ2n) is 5.52.